The van der Waals surface area contributed by atoms with E-state index in [2.05, 4.69) is 20.8 Å². The van der Waals surface area contributed by atoms with Crippen molar-refractivity contribution in [1.82, 2.24) is 4.90 Å². The van der Waals surface area contributed by atoms with Gasteiger partial charge in [-0.25, -0.2) is 4.79 Å². The van der Waals surface area contributed by atoms with Crippen LogP contribution in [0.4, 0.5) is 11.4 Å². The van der Waals surface area contributed by atoms with Crippen molar-refractivity contribution in [1.29, 1.82) is 0 Å². The molecule has 0 bridgehead atoms. The highest BCUT2D eigenvalue weighted by molar-refractivity contribution is 9.10. The Hall–Kier alpha value is -2.57. The van der Waals surface area contributed by atoms with Crippen LogP contribution in [0.5, 0.6) is 0 Å². The quantitative estimate of drug-likeness (QED) is 0.173. The number of benzene rings is 2. The Kier molecular flexibility index (Phi) is 8.53. The predicted molar refractivity (Wildman–Crippen MR) is 164 cm³/mol. The maximum absolute atomic E-state index is 13.8. The molecule has 1 aliphatic rings. The lowest BCUT2D eigenvalue weighted by atomic mass is 10.1. The first-order chi connectivity index (χ1) is 18.8. The fraction of sp³-hybridized carbons (Fsp3) is 0.286. The topological polar surface area (TPSA) is 76.2 Å². The highest BCUT2D eigenvalue weighted by Gasteiger charge is 2.29. The van der Waals surface area contributed by atoms with Gasteiger partial charge in [0.1, 0.15) is 26.8 Å². The molecule has 1 unspecified atom stereocenters. The number of fused-ring (bicyclic) bond motifs is 1. The molecule has 0 aliphatic carbocycles. The number of carbonyl (C=O) groups is 2. The zero-order chi connectivity index (χ0) is 27.7. The highest BCUT2D eigenvalue weighted by Crippen LogP contribution is 2.36. The van der Waals surface area contributed by atoms with E-state index in [1.807, 2.05) is 72.8 Å². The van der Waals surface area contributed by atoms with E-state index >= 15 is 0 Å². The lowest BCUT2D eigenvalue weighted by Gasteiger charge is -2.37. The molecule has 1 fully saturated rings. The fourth-order valence-electron chi connectivity index (χ4n) is 4.69. The maximum Gasteiger partial charge on any atom is 0.348 e. The number of nitrogens with zero attached hydrogens (tertiary/aromatic N) is 3. The Balaban J connectivity index is 1.34. The number of ether oxygens (including phenoxy) is 1. The molecule has 0 spiro atoms. The number of amides is 1. The Morgan fingerprint density at radius 2 is 1.85 bits per heavy atom. The molecular formula is C28H28BrN3O4S3. The van der Waals surface area contributed by atoms with E-state index in [0.717, 1.165) is 36.4 Å². The molecule has 7 nitrogen and oxygen atoms in total. The molecule has 2 aromatic heterocycles. The van der Waals surface area contributed by atoms with Gasteiger partial charge in [-0.1, -0.05) is 12.1 Å². The Morgan fingerprint density at radius 3 is 2.54 bits per heavy atom. The largest absolute Gasteiger partial charge is 0.588 e. The van der Waals surface area contributed by atoms with Crippen LogP contribution in [-0.2, 0) is 16.1 Å². The molecule has 0 saturated carbocycles. The molecule has 0 radical (unpaired) electrons. The molecule has 39 heavy (non-hydrogen) atoms. The molecule has 4 aromatic rings. The predicted octanol–water partition coefficient (Wildman–Crippen LogP) is 6.33. The van der Waals surface area contributed by atoms with Crippen LogP contribution in [0, 0.1) is 6.92 Å². The second kappa shape index (κ2) is 11.9. The van der Waals surface area contributed by atoms with Crippen LogP contribution >= 0.6 is 38.6 Å². The van der Waals surface area contributed by atoms with E-state index < -0.39 is 11.4 Å². The van der Waals surface area contributed by atoms with E-state index in [-0.39, 0.29) is 11.9 Å². The normalized spacial score (nSPS) is 14.5. The Morgan fingerprint density at radius 1 is 1.10 bits per heavy atom. The smallest absolute Gasteiger partial charge is 0.348 e. The summed E-state index contributed by atoms with van der Waals surface area (Å²) in [5.41, 5.74) is 2.68. The number of aryl methyl sites for hydroxylation is 1. The van der Waals surface area contributed by atoms with Crippen molar-refractivity contribution in [3.8, 4) is 0 Å². The van der Waals surface area contributed by atoms with E-state index in [0.29, 0.717) is 42.6 Å². The third kappa shape index (κ3) is 5.55. The summed E-state index contributed by atoms with van der Waals surface area (Å²) < 4.78 is 22.5. The van der Waals surface area contributed by atoms with Crippen LogP contribution < -0.4 is 9.21 Å². The lowest BCUT2D eigenvalue weighted by molar-refractivity contribution is 0.0531. The van der Waals surface area contributed by atoms with Crippen molar-refractivity contribution in [2.45, 2.75) is 18.7 Å². The number of halogens is 1. The van der Waals surface area contributed by atoms with Crippen molar-refractivity contribution in [2.75, 3.05) is 49.0 Å². The minimum absolute atomic E-state index is 0.0493. The third-order valence-corrected chi connectivity index (χ3v) is 11.2. The maximum atomic E-state index is 13.8. The summed E-state index contributed by atoms with van der Waals surface area (Å²) in [5.74, 6) is -0.275. The first kappa shape index (κ1) is 28.0. The Labute approximate surface area is 247 Å². The summed E-state index contributed by atoms with van der Waals surface area (Å²) in [7, 11) is 1.83. The number of rotatable bonds is 7. The second-order valence-electron chi connectivity index (χ2n) is 9.05. The summed E-state index contributed by atoms with van der Waals surface area (Å²) in [6, 6.07) is 15.5. The van der Waals surface area contributed by atoms with Gasteiger partial charge in [-0.15, -0.1) is 22.7 Å². The number of anilines is 2. The highest BCUT2D eigenvalue weighted by atomic mass is 79.9. The van der Waals surface area contributed by atoms with Gasteiger partial charge in [-0.05, 0) is 71.1 Å². The summed E-state index contributed by atoms with van der Waals surface area (Å²) in [6.07, 6.45) is 0. The summed E-state index contributed by atoms with van der Waals surface area (Å²) in [6.45, 7) is 6.61. The van der Waals surface area contributed by atoms with Crippen LogP contribution in [0.1, 0.15) is 31.8 Å². The molecule has 1 atom stereocenters. The van der Waals surface area contributed by atoms with Gasteiger partial charge in [-0.2, -0.15) is 4.31 Å². The molecule has 11 heteroatoms. The van der Waals surface area contributed by atoms with E-state index in [1.165, 1.54) is 22.7 Å². The number of hydrogen-bond donors (Lipinski definition) is 0. The number of hydrogen-bond acceptors (Lipinski definition) is 8. The first-order valence-corrected chi connectivity index (χ1v) is 16.1. The van der Waals surface area contributed by atoms with Gasteiger partial charge in [0.25, 0.3) is 5.91 Å². The van der Waals surface area contributed by atoms with Crippen LogP contribution in [-0.4, -0.2) is 61.2 Å². The van der Waals surface area contributed by atoms with Crippen LogP contribution in [0.2, 0.25) is 0 Å². The van der Waals surface area contributed by atoms with Crippen LogP contribution in [0.15, 0.2) is 63.3 Å². The third-order valence-electron chi connectivity index (χ3n) is 6.76. The average molecular weight is 647 g/mol. The summed E-state index contributed by atoms with van der Waals surface area (Å²) >= 11 is 4.84. The van der Waals surface area contributed by atoms with Gasteiger partial charge in [0.15, 0.2) is 4.90 Å². The van der Waals surface area contributed by atoms with Crippen LogP contribution in [0.25, 0.3) is 10.1 Å². The van der Waals surface area contributed by atoms with E-state index in [4.69, 9.17) is 4.74 Å². The van der Waals surface area contributed by atoms with Gasteiger partial charge < -0.3 is 19.1 Å². The molecule has 2 aromatic carbocycles. The van der Waals surface area contributed by atoms with Crippen molar-refractivity contribution in [3.05, 3.63) is 73.7 Å². The number of para-hydroxylation sites is 2. The molecule has 1 saturated heterocycles. The number of thiophene rings is 2. The van der Waals surface area contributed by atoms with Gasteiger partial charge in [0, 0.05) is 46.8 Å². The van der Waals surface area contributed by atoms with Gasteiger partial charge in [-0.3, -0.25) is 4.79 Å². The van der Waals surface area contributed by atoms with Crippen molar-refractivity contribution < 1.29 is 18.9 Å². The van der Waals surface area contributed by atoms with Crippen molar-refractivity contribution in [3.63, 3.8) is 0 Å². The minimum atomic E-state index is -1.47. The number of esters is 1. The summed E-state index contributed by atoms with van der Waals surface area (Å²) in [5, 5.41) is 2.82. The molecular weight excluding hydrogens is 618 g/mol. The molecule has 204 valence electrons. The van der Waals surface area contributed by atoms with Crippen LogP contribution in [0.3, 0.4) is 0 Å². The summed E-state index contributed by atoms with van der Waals surface area (Å²) in [4.78, 5) is 31.4. The first-order valence-electron chi connectivity index (χ1n) is 12.5. The van der Waals surface area contributed by atoms with Crippen molar-refractivity contribution >= 4 is 83.3 Å². The minimum Gasteiger partial charge on any atom is -0.588 e. The van der Waals surface area contributed by atoms with E-state index in [9.17, 15) is 14.1 Å². The molecule has 1 amide bonds. The lowest BCUT2D eigenvalue weighted by Crippen LogP contribution is -2.49. The van der Waals surface area contributed by atoms with Crippen molar-refractivity contribution in [2.24, 2.45) is 0 Å². The standard InChI is InChI=1S/C28H28BrN3O4S3/c1-4-36-28(34)25-18(2)20-17-19(9-10-24(20)38-25)39(35)30(3)22-7-5-6-8-23(22)31-12-14-32(15-13-31)27(33)26-21(29)11-16-37-26/h5-11,16-17H,4,12-15H2,1-3H3. The van der Waals surface area contributed by atoms with Gasteiger partial charge >= 0.3 is 5.97 Å². The molecule has 3 heterocycles. The zero-order valence-electron chi connectivity index (χ0n) is 21.8. The van der Waals surface area contributed by atoms with Gasteiger partial charge in [0.05, 0.1) is 19.3 Å². The molecule has 0 N–H and O–H groups in total. The van der Waals surface area contributed by atoms with Gasteiger partial charge in [0.2, 0.25) is 0 Å². The SMILES string of the molecule is CCOC(=O)c1sc2ccc([S+]([O-])N(C)c3ccccc3N3CCN(C(=O)c4sccc4Br)CC3)cc2c1C. The fourth-order valence-corrected chi connectivity index (χ4v) is 8.33. The number of piperazine rings is 1. The molecule has 1 aliphatic heterocycles. The zero-order valence-corrected chi connectivity index (χ0v) is 25.8. The monoisotopic (exact) mass is 645 g/mol. The number of carbonyl (C=O) groups excluding carboxylic acids is 2. The Bertz CT molecular complexity index is 1510. The second-order valence-corrected chi connectivity index (χ2v) is 13.4. The molecule has 5 rings (SSSR count). The average Bonchev–Trinajstić information content (AvgIpc) is 3.54. The van der Waals surface area contributed by atoms with E-state index in [1.54, 1.807) is 11.2 Å².